The molecule has 0 radical (unpaired) electrons. The smallest absolute Gasteiger partial charge is 0.231 e. The summed E-state index contributed by atoms with van der Waals surface area (Å²) < 4.78 is 20.6. The summed E-state index contributed by atoms with van der Waals surface area (Å²) in [6, 6.07) is 9.73. The van der Waals surface area contributed by atoms with Crippen molar-refractivity contribution in [2.24, 2.45) is 0 Å². The Hall–Kier alpha value is -2.96. The first-order valence-electron chi connectivity index (χ1n) is 9.71. The third-order valence-corrected chi connectivity index (χ3v) is 4.98. The topological polar surface area (TPSA) is 59.7 Å². The van der Waals surface area contributed by atoms with Crippen LogP contribution in [0.3, 0.4) is 0 Å². The molecule has 1 aliphatic rings. The van der Waals surface area contributed by atoms with Gasteiger partial charge in [0.15, 0.2) is 5.65 Å². The minimum atomic E-state index is -0.310. The second-order valence-electron chi connectivity index (χ2n) is 6.91. The molecular weight excluding hydrogens is 359 g/mol. The van der Waals surface area contributed by atoms with E-state index in [2.05, 4.69) is 10.1 Å². The van der Waals surface area contributed by atoms with Crippen LogP contribution in [-0.4, -0.2) is 45.1 Å². The lowest BCUT2D eigenvalue weighted by atomic mass is 10.1. The minimum absolute atomic E-state index is 0.0634. The van der Waals surface area contributed by atoms with E-state index in [4.69, 9.17) is 4.74 Å². The van der Waals surface area contributed by atoms with Gasteiger partial charge in [0.05, 0.1) is 24.4 Å². The first kappa shape index (κ1) is 18.4. The molecule has 2 aromatic heterocycles. The summed E-state index contributed by atoms with van der Waals surface area (Å²) in [6.07, 6.45) is 3.43. The highest BCUT2D eigenvalue weighted by Gasteiger charge is 2.23. The van der Waals surface area contributed by atoms with E-state index in [1.807, 2.05) is 17.9 Å². The van der Waals surface area contributed by atoms with Crippen LogP contribution < -0.4 is 4.74 Å². The van der Waals surface area contributed by atoms with Gasteiger partial charge in [-0.3, -0.25) is 4.79 Å². The molecule has 0 saturated carbocycles. The summed E-state index contributed by atoms with van der Waals surface area (Å²) in [6.45, 7) is 3.97. The third-order valence-electron chi connectivity index (χ3n) is 4.98. The van der Waals surface area contributed by atoms with Crippen LogP contribution in [0.5, 0.6) is 5.88 Å². The van der Waals surface area contributed by atoms with Gasteiger partial charge < -0.3 is 9.64 Å². The van der Waals surface area contributed by atoms with Gasteiger partial charge >= 0.3 is 0 Å². The molecule has 0 unspecified atom stereocenters. The number of carbonyl (C=O) groups is 1. The van der Waals surface area contributed by atoms with Crippen LogP contribution in [0, 0.1) is 5.82 Å². The molecule has 0 aliphatic carbocycles. The van der Waals surface area contributed by atoms with Crippen molar-refractivity contribution in [1.82, 2.24) is 19.5 Å². The summed E-state index contributed by atoms with van der Waals surface area (Å²) in [7, 11) is 0. The van der Waals surface area contributed by atoms with Crippen molar-refractivity contribution in [3.8, 4) is 17.1 Å². The summed E-state index contributed by atoms with van der Waals surface area (Å²) in [5.74, 6) is 0.230. The Morgan fingerprint density at radius 2 is 1.86 bits per heavy atom. The maximum absolute atomic E-state index is 13.4. The van der Waals surface area contributed by atoms with Crippen LogP contribution >= 0.6 is 0 Å². The van der Waals surface area contributed by atoms with Crippen molar-refractivity contribution in [2.75, 3.05) is 19.7 Å². The van der Waals surface area contributed by atoms with Crippen LogP contribution in [0.2, 0.25) is 0 Å². The maximum atomic E-state index is 13.4. The monoisotopic (exact) mass is 382 g/mol. The average molecular weight is 382 g/mol. The highest BCUT2D eigenvalue weighted by atomic mass is 19.1. The van der Waals surface area contributed by atoms with Gasteiger partial charge in [-0.2, -0.15) is 0 Å². The predicted molar refractivity (Wildman–Crippen MR) is 104 cm³/mol. The number of likely N-dealkylation sites (tertiary alicyclic amines) is 1. The Bertz CT molecular complexity index is 978. The van der Waals surface area contributed by atoms with Crippen molar-refractivity contribution in [3.05, 3.63) is 47.9 Å². The van der Waals surface area contributed by atoms with E-state index in [0.29, 0.717) is 29.5 Å². The number of amides is 1. The van der Waals surface area contributed by atoms with Gasteiger partial charge in [0.25, 0.3) is 0 Å². The highest BCUT2D eigenvalue weighted by molar-refractivity contribution is 5.81. The molecule has 3 aromatic rings. The summed E-state index contributed by atoms with van der Waals surface area (Å²) >= 11 is 0. The van der Waals surface area contributed by atoms with Gasteiger partial charge in [0, 0.05) is 24.7 Å². The third kappa shape index (κ3) is 3.69. The molecule has 1 amide bonds. The Kier molecular flexibility index (Phi) is 5.23. The number of piperidine rings is 1. The number of nitrogens with zero attached hydrogens (tertiary/aromatic N) is 4. The molecule has 28 heavy (non-hydrogen) atoms. The van der Waals surface area contributed by atoms with E-state index in [1.54, 1.807) is 22.7 Å². The molecule has 1 fully saturated rings. The zero-order valence-corrected chi connectivity index (χ0v) is 15.9. The molecule has 0 bridgehead atoms. The van der Waals surface area contributed by atoms with Gasteiger partial charge in [-0.1, -0.05) is 0 Å². The van der Waals surface area contributed by atoms with Crippen molar-refractivity contribution in [2.45, 2.75) is 32.6 Å². The molecule has 6 nitrogen and oxygen atoms in total. The molecule has 0 atom stereocenters. The van der Waals surface area contributed by atoms with Gasteiger partial charge in [0.2, 0.25) is 11.8 Å². The van der Waals surface area contributed by atoms with E-state index in [0.717, 1.165) is 31.5 Å². The van der Waals surface area contributed by atoms with Crippen molar-refractivity contribution in [1.29, 1.82) is 0 Å². The fourth-order valence-corrected chi connectivity index (χ4v) is 3.58. The first-order valence-corrected chi connectivity index (χ1v) is 9.71. The number of fused-ring (bicyclic) bond motifs is 1. The number of imidazole rings is 1. The van der Waals surface area contributed by atoms with E-state index < -0.39 is 0 Å². The molecule has 1 aromatic carbocycles. The molecule has 0 N–H and O–H groups in total. The fourth-order valence-electron chi connectivity index (χ4n) is 3.58. The number of rotatable bonds is 5. The Balaban J connectivity index is 1.77. The van der Waals surface area contributed by atoms with Crippen LogP contribution in [0.25, 0.3) is 16.9 Å². The van der Waals surface area contributed by atoms with Gasteiger partial charge in [-0.05, 0) is 56.5 Å². The standard InChI is InChI=1S/C21H23FN4O2/c1-2-28-19-11-10-18-23-21(15-6-8-16(22)9-7-15)17(26(18)24-19)14-20(27)25-12-4-3-5-13-25/h6-11H,2-5,12-14H2,1H3. The van der Waals surface area contributed by atoms with E-state index in [-0.39, 0.29) is 18.1 Å². The lowest BCUT2D eigenvalue weighted by Crippen LogP contribution is -2.36. The van der Waals surface area contributed by atoms with Crippen LogP contribution in [0.4, 0.5) is 4.39 Å². The molecule has 7 heteroatoms. The van der Waals surface area contributed by atoms with E-state index in [9.17, 15) is 9.18 Å². The van der Waals surface area contributed by atoms with Crippen molar-refractivity contribution < 1.29 is 13.9 Å². The first-order chi connectivity index (χ1) is 13.7. The SMILES string of the molecule is CCOc1ccc2nc(-c3ccc(F)cc3)c(CC(=O)N3CCCCC3)n2n1. The number of hydrogen-bond donors (Lipinski definition) is 0. The van der Waals surface area contributed by atoms with Crippen molar-refractivity contribution >= 4 is 11.6 Å². The molecular formula is C21H23FN4O2. The van der Waals surface area contributed by atoms with Gasteiger partial charge in [0.1, 0.15) is 5.82 Å². The molecule has 1 aliphatic heterocycles. The quantitative estimate of drug-likeness (QED) is 0.678. The number of ether oxygens (including phenoxy) is 1. The Morgan fingerprint density at radius 3 is 2.57 bits per heavy atom. The Labute approximate surface area is 162 Å². The summed E-state index contributed by atoms with van der Waals surface area (Å²) in [4.78, 5) is 19.5. The maximum Gasteiger partial charge on any atom is 0.231 e. The van der Waals surface area contributed by atoms with Gasteiger partial charge in [-0.25, -0.2) is 13.9 Å². The number of aromatic nitrogens is 3. The highest BCUT2D eigenvalue weighted by Crippen LogP contribution is 2.26. The largest absolute Gasteiger partial charge is 0.477 e. The molecule has 146 valence electrons. The van der Waals surface area contributed by atoms with E-state index >= 15 is 0 Å². The van der Waals surface area contributed by atoms with Crippen LogP contribution in [0.15, 0.2) is 36.4 Å². The number of hydrogen-bond acceptors (Lipinski definition) is 4. The minimum Gasteiger partial charge on any atom is -0.477 e. The van der Waals surface area contributed by atoms with Gasteiger partial charge in [-0.15, -0.1) is 5.10 Å². The Morgan fingerprint density at radius 1 is 1.11 bits per heavy atom. The molecule has 3 heterocycles. The summed E-state index contributed by atoms with van der Waals surface area (Å²) in [5, 5.41) is 4.51. The number of halogens is 1. The average Bonchev–Trinajstić information content (AvgIpc) is 3.07. The molecule has 4 rings (SSSR count). The fraction of sp³-hybridized carbons (Fsp3) is 0.381. The predicted octanol–water partition coefficient (Wildman–Crippen LogP) is 3.49. The normalized spacial score (nSPS) is 14.4. The second kappa shape index (κ2) is 7.96. The second-order valence-corrected chi connectivity index (χ2v) is 6.91. The lowest BCUT2D eigenvalue weighted by Gasteiger charge is -2.26. The zero-order chi connectivity index (χ0) is 19.5. The zero-order valence-electron chi connectivity index (χ0n) is 15.9. The van der Waals surface area contributed by atoms with Crippen molar-refractivity contribution in [3.63, 3.8) is 0 Å². The number of carbonyl (C=O) groups excluding carboxylic acids is 1. The molecule has 0 spiro atoms. The van der Waals surface area contributed by atoms with Crippen LogP contribution in [-0.2, 0) is 11.2 Å². The number of benzene rings is 1. The molecule has 1 saturated heterocycles. The lowest BCUT2D eigenvalue weighted by molar-refractivity contribution is -0.131. The van der Waals surface area contributed by atoms with Crippen LogP contribution in [0.1, 0.15) is 31.9 Å². The summed E-state index contributed by atoms with van der Waals surface area (Å²) in [5.41, 5.74) is 2.72. The van der Waals surface area contributed by atoms with E-state index in [1.165, 1.54) is 18.6 Å².